The minimum Gasteiger partial charge on any atom is -0.337 e. The number of nitrogens with one attached hydrogen (secondary N) is 2. The molecule has 1 saturated heterocycles. The Hall–Kier alpha value is -3.42. The molecule has 8 heteroatoms. The fraction of sp³-hybridized carbons (Fsp3) is 0.333. The molecule has 1 fully saturated rings. The third kappa shape index (κ3) is 5.54. The molecule has 2 N–H and O–H groups in total. The lowest BCUT2D eigenvalue weighted by molar-refractivity contribution is -0.384. The zero-order chi connectivity index (χ0) is 20.8. The second kappa shape index (κ2) is 9.18. The Kier molecular flexibility index (Phi) is 6.43. The molecule has 3 amide bonds. The van der Waals surface area contributed by atoms with Gasteiger partial charge in [0.2, 0.25) is 5.91 Å². The number of benzene rings is 2. The summed E-state index contributed by atoms with van der Waals surface area (Å²) >= 11 is 0. The van der Waals surface area contributed by atoms with Crippen molar-refractivity contribution in [1.82, 2.24) is 10.2 Å². The van der Waals surface area contributed by atoms with Crippen LogP contribution >= 0.6 is 0 Å². The highest BCUT2D eigenvalue weighted by Gasteiger charge is 2.28. The number of hydrogen-bond donors (Lipinski definition) is 2. The first kappa shape index (κ1) is 20.3. The van der Waals surface area contributed by atoms with Gasteiger partial charge in [0.25, 0.3) is 5.69 Å². The summed E-state index contributed by atoms with van der Waals surface area (Å²) in [6.07, 6.45) is 2.27. The highest BCUT2D eigenvalue weighted by Crippen LogP contribution is 2.18. The molecule has 0 spiro atoms. The molecular weight excluding hydrogens is 372 g/mol. The maximum Gasteiger partial charge on any atom is 0.319 e. The number of likely N-dealkylation sites (tertiary alicyclic amines) is 1. The second-order valence-electron chi connectivity index (χ2n) is 7.20. The Morgan fingerprint density at radius 1 is 1.21 bits per heavy atom. The lowest BCUT2D eigenvalue weighted by Gasteiger charge is -2.25. The highest BCUT2D eigenvalue weighted by molar-refractivity contribution is 5.94. The molecule has 0 aromatic heterocycles. The number of non-ortho nitro benzene ring substituents is 1. The maximum atomic E-state index is 12.9. The maximum absolute atomic E-state index is 12.9. The van der Waals surface area contributed by atoms with Crippen molar-refractivity contribution in [3.05, 3.63) is 69.8 Å². The standard InChI is InChI=1S/C21H24N4O4/c1-15-8-10-16(11-9-15)14-24-12-3-2-7-19(20(24)26)23-21(27)22-17-5-4-6-18(13-17)25(28)29/h4-6,8-11,13,19H,2-3,7,12,14H2,1H3,(H2,22,23,27). The summed E-state index contributed by atoms with van der Waals surface area (Å²) in [6, 6.07) is 12.5. The molecule has 2 aromatic carbocycles. The summed E-state index contributed by atoms with van der Waals surface area (Å²) in [5.41, 5.74) is 2.39. The monoisotopic (exact) mass is 396 g/mol. The third-order valence-electron chi connectivity index (χ3n) is 4.89. The Bertz CT molecular complexity index is 898. The fourth-order valence-electron chi connectivity index (χ4n) is 3.33. The van der Waals surface area contributed by atoms with Crippen LogP contribution in [0.15, 0.2) is 48.5 Å². The number of amides is 3. The van der Waals surface area contributed by atoms with Crippen molar-refractivity contribution in [1.29, 1.82) is 0 Å². The van der Waals surface area contributed by atoms with Gasteiger partial charge in [-0.05, 0) is 37.8 Å². The van der Waals surface area contributed by atoms with E-state index in [0.29, 0.717) is 25.2 Å². The van der Waals surface area contributed by atoms with E-state index in [9.17, 15) is 19.7 Å². The Morgan fingerprint density at radius 3 is 2.69 bits per heavy atom. The molecule has 3 rings (SSSR count). The van der Waals surface area contributed by atoms with Crippen molar-refractivity contribution in [2.75, 3.05) is 11.9 Å². The minimum atomic E-state index is -0.623. The zero-order valence-electron chi connectivity index (χ0n) is 16.3. The molecule has 152 valence electrons. The summed E-state index contributed by atoms with van der Waals surface area (Å²) in [6.45, 7) is 3.17. The van der Waals surface area contributed by atoms with Crippen LogP contribution in [0.5, 0.6) is 0 Å². The van der Waals surface area contributed by atoms with Crippen LogP contribution in [-0.4, -0.2) is 34.3 Å². The molecule has 1 aliphatic heterocycles. The quantitative estimate of drug-likeness (QED) is 0.595. The fourth-order valence-corrected chi connectivity index (χ4v) is 3.33. The number of nitrogens with zero attached hydrogens (tertiary/aromatic N) is 2. The van der Waals surface area contributed by atoms with Crippen LogP contribution in [0.2, 0.25) is 0 Å². The first-order chi connectivity index (χ1) is 13.9. The van der Waals surface area contributed by atoms with Crippen LogP contribution in [0.4, 0.5) is 16.2 Å². The van der Waals surface area contributed by atoms with Gasteiger partial charge in [0.05, 0.1) is 4.92 Å². The number of aryl methyl sites for hydroxylation is 1. The molecule has 0 bridgehead atoms. The van der Waals surface area contributed by atoms with Crippen LogP contribution < -0.4 is 10.6 Å². The van der Waals surface area contributed by atoms with Gasteiger partial charge in [-0.25, -0.2) is 4.79 Å². The predicted octanol–water partition coefficient (Wildman–Crippen LogP) is 3.61. The number of nitro groups is 1. The Balaban J connectivity index is 1.63. The average Bonchev–Trinajstić information content (AvgIpc) is 2.86. The topological polar surface area (TPSA) is 105 Å². The highest BCUT2D eigenvalue weighted by atomic mass is 16.6. The van der Waals surface area contributed by atoms with Crippen LogP contribution in [0.3, 0.4) is 0 Å². The minimum absolute atomic E-state index is 0.113. The molecule has 0 saturated carbocycles. The van der Waals surface area contributed by atoms with Gasteiger partial charge >= 0.3 is 6.03 Å². The van der Waals surface area contributed by atoms with Crippen molar-refractivity contribution in [3.8, 4) is 0 Å². The van der Waals surface area contributed by atoms with E-state index in [2.05, 4.69) is 10.6 Å². The molecular formula is C21H24N4O4. The summed E-state index contributed by atoms with van der Waals surface area (Å²) < 4.78 is 0. The molecule has 8 nitrogen and oxygen atoms in total. The van der Waals surface area contributed by atoms with Crippen LogP contribution in [0.25, 0.3) is 0 Å². The number of carbonyl (C=O) groups excluding carboxylic acids is 2. The van der Waals surface area contributed by atoms with Crippen LogP contribution in [0.1, 0.15) is 30.4 Å². The molecule has 1 unspecified atom stereocenters. The van der Waals surface area contributed by atoms with E-state index in [1.807, 2.05) is 31.2 Å². The predicted molar refractivity (Wildman–Crippen MR) is 109 cm³/mol. The lowest BCUT2D eigenvalue weighted by atomic mass is 10.1. The first-order valence-corrected chi connectivity index (χ1v) is 9.58. The van der Waals surface area contributed by atoms with Crippen LogP contribution in [-0.2, 0) is 11.3 Å². The van der Waals surface area contributed by atoms with Gasteiger partial charge in [0, 0.05) is 30.9 Å². The number of carbonyl (C=O) groups is 2. The first-order valence-electron chi connectivity index (χ1n) is 9.58. The van der Waals surface area contributed by atoms with E-state index in [4.69, 9.17) is 0 Å². The molecule has 0 radical (unpaired) electrons. The van der Waals surface area contributed by atoms with E-state index in [1.165, 1.54) is 18.2 Å². The SMILES string of the molecule is Cc1ccc(CN2CCCCC(NC(=O)Nc3cccc([N+](=O)[O-])c3)C2=O)cc1. The van der Waals surface area contributed by atoms with E-state index >= 15 is 0 Å². The van der Waals surface area contributed by atoms with Crippen molar-refractivity contribution < 1.29 is 14.5 Å². The number of nitro benzene ring substituents is 1. The largest absolute Gasteiger partial charge is 0.337 e. The zero-order valence-corrected chi connectivity index (χ0v) is 16.3. The van der Waals surface area contributed by atoms with Crippen molar-refractivity contribution in [3.63, 3.8) is 0 Å². The van der Waals surface area contributed by atoms with Gasteiger partial charge in [-0.3, -0.25) is 14.9 Å². The van der Waals surface area contributed by atoms with Gasteiger partial charge in [0.15, 0.2) is 0 Å². The van der Waals surface area contributed by atoms with Crippen LogP contribution in [0, 0.1) is 17.0 Å². The summed E-state index contributed by atoms with van der Waals surface area (Å²) in [4.78, 5) is 37.4. The van der Waals surface area contributed by atoms with Gasteiger partial charge in [-0.1, -0.05) is 35.9 Å². The van der Waals surface area contributed by atoms with E-state index in [1.54, 1.807) is 11.0 Å². The summed E-state index contributed by atoms with van der Waals surface area (Å²) in [7, 11) is 0. The van der Waals surface area contributed by atoms with Gasteiger partial charge in [-0.2, -0.15) is 0 Å². The number of anilines is 1. The average molecular weight is 396 g/mol. The molecule has 2 aromatic rings. The Labute approximate surface area is 169 Å². The van der Waals surface area contributed by atoms with E-state index in [-0.39, 0.29) is 11.6 Å². The smallest absolute Gasteiger partial charge is 0.319 e. The second-order valence-corrected chi connectivity index (χ2v) is 7.20. The van der Waals surface area contributed by atoms with Gasteiger partial charge in [-0.15, -0.1) is 0 Å². The Morgan fingerprint density at radius 2 is 1.97 bits per heavy atom. The van der Waals surface area contributed by atoms with Gasteiger partial charge in [0.1, 0.15) is 6.04 Å². The molecule has 1 aliphatic rings. The van der Waals surface area contributed by atoms with E-state index < -0.39 is 17.0 Å². The lowest BCUT2D eigenvalue weighted by Crippen LogP contribution is -2.48. The molecule has 0 aliphatic carbocycles. The molecule has 1 heterocycles. The number of rotatable bonds is 5. The van der Waals surface area contributed by atoms with Crippen molar-refractivity contribution >= 4 is 23.3 Å². The van der Waals surface area contributed by atoms with Gasteiger partial charge < -0.3 is 15.5 Å². The van der Waals surface area contributed by atoms with Crippen molar-refractivity contribution in [2.45, 2.75) is 38.8 Å². The summed E-state index contributed by atoms with van der Waals surface area (Å²) in [5, 5.41) is 16.2. The van der Waals surface area contributed by atoms with Crippen molar-refractivity contribution in [2.24, 2.45) is 0 Å². The molecule has 1 atom stereocenters. The van der Waals surface area contributed by atoms with E-state index in [0.717, 1.165) is 24.0 Å². The number of hydrogen-bond acceptors (Lipinski definition) is 4. The summed E-state index contributed by atoms with van der Waals surface area (Å²) in [5.74, 6) is -0.114. The molecule has 29 heavy (non-hydrogen) atoms. The normalized spacial score (nSPS) is 16.8. The number of urea groups is 1. The third-order valence-corrected chi connectivity index (χ3v) is 4.89.